The van der Waals surface area contributed by atoms with Crippen LogP contribution in [0, 0.1) is 5.82 Å². The van der Waals surface area contributed by atoms with Gasteiger partial charge in [0.05, 0.1) is 5.37 Å². The molecule has 0 amide bonds. The van der Waals surface area contributed by atoms with E-state index in [-0.39, 0.29) is 11.1 Å². The van der Waals surface area contributed by atoms with E-state index in [9.17, 15) is 4.39 Å². The van der Waals surface area contributed by atoms with Crippen LogP contribution in [0.4, 0.5) is 4.39 Å². The minimum absolute atomic E-state index is 0.153. The molecule has 2 N–H and O–H groups in total. The molecule has 1 aliphatic heterocycles. The van der Waals surface area contributed by atoms with E-state index in [1.54, 1.807) is 17.8 Å². The summed E-state index contributed by atoms with van der Waals surface area (Å²) in [5.41, 5.74) is 0.884. The molecule has 0 spiro atoms. The number of thioether (sulfide) groups is 1. The van der Waals surface area contributed by atoms with Gasteiger partial charge in [-0.05, 0) is 24.6 Å². The minimum Gasteiger partial charge on any atom is -0.505 e. The smallest absolute Gasteiger partial charge is 0.165 e. The van der Waals surface area contributed by atoms with Gasteiger partial charge in [-0.2, -0.15) is 0 Å². The predicted molar refractivity (Wildman–Crippen MR) is 55.9 cm³/mol. The van der Waals surface area contributed by atoms with Gasteiger partial charge < -0.3 is 5.11 Å². The Hall–Kier alpha value is -0.740. The highest BCUT2D eigenvalue weighted by Crippen LogP contribution is 2.33. The van der Waals surface area contributed by atoms with Gasteiger partial charge in [0.15, 0.2) is 11.6 Å². The zero-order valence-electron chi connectivity index (χ0n) is 7.83. The summed E-state index contributed by atoms with van der Waals surface area (Å²) in [6.45, 7) is 2.10. The summed E-state index contributed by atoms with van der Waals surface area (Å²) in [4.78, 5) is 0. The van der Waals surface area contributed by atoms with Crippen LogP contribution in [0.25, 0.3) is 0 Å². The molecular weight excluding hydrogens is 201 g/mol. The van der Waals surface area contributed by atoms with Crippen LogP contribution in [0.15, 0.2) is 18.2 Å². The molecule has 0 bridgehead atoms. The monoisotopic (exact) mass is 213 g/mol. The Morgan fingerprint density at radius 3 is 2.93 bits per heavy atom. The van der Waals surface area contributed by atoms with E-state index in [0.717, 1.165) is 11.3 Å². The standard InChI is InChI=1S/C10H12FNOS/c1-6-5-14-10(12-6)7-2-3-9(13)8(11)4-7/h2-4,6,10,12-13H,5H2,1H3. The molecule has 1 fully saturated rings. The number of phenols is 1. The molecular formula is C10H12FNOS. The van der Waals surface area contributed by atoms with Crippen molar-refractivity contribution in [3.8, 4) is 5.75 Å². The summed E-state index contributed by atoms with van der Waals surface area (Å²) < 4.78 is 13.0. The second-order valence-corrected chi connectivity index (χ2v) is 4.63. The van der Waals surface area contributed by atoms with Gasteiger partial charge in [-0.3, -0.25) is 5.32 Å². The van der Waals surface area contributed by atoms with Crippen molar-refractivity contribution in [2.45, 2.75) is 18.3 Å². The lowest BCUT2D eigenvalue weighted by Gasteiger charge is -2.11. The van der Waals surface area contributed by atoms with Crippen LogP contribution in [0.5, 0.6) is 5.75 Å². The van der Waals surface area contributed by atoms with E-state index < -0.39 is 5.82 Å². The minimum atomic E-state index is -0.551. The Bertz CT molecular complexity index is 345. The van der Waals surface area contributed by atoms with Crippen LogP contribution in [-0.2, 0) is 0 Å². The molecule has 2 rings (SSSR count). The third kappa shape index (κ3) is 1.86. The maximum absolute atomic E-state index is 13.0. The van der Waals surface area contributed by atoms with Gasteiger partial charge in [0.2, 0.25) is 0 Å². The van der Waals surface area contributed by atoms with E-state index in [4.69, 9.17) is 5.11 Å². The number of aromatic hydroxyl groups is 1. The zero-order chi connectivity index (χ0) is 10.1. The first-order chi connectivity index (χ1) is 6.66. The molecule has 0 aliphatic carbocycles. The van der Waals surface area contributed by atoms with Crippen molar-refractivity contribution < 1.29 is 9.50 Å². The number of hydrogen-bond acceptors (Lipinski definition) is 3. The first-order valence-corrected chi connectivity index (χ1v) is 5.58. The summed E-state index contributed by atoms with van der Waals surface area (Å²) in [6.07, 6.45) is 0. The molecule has 2 unspecified atom stereocenters. The summed E-state index contributed by atoms with van der Waals surface area (Å²) in [5.74, 6) is 0.196. The van der Waals surface area contributed by atoms with Crippen molar-refractivity contribution in [1.29, 1.82) is 0 Å². The summed E-state index contributed by atoms with van der Waals surface area (Å²) in [5, 5.41) is 12.5. The number of halogens is 1. The molecule has 1 saturated heterocycles. The summed E-state index contributed by atoms with van der Waals surface area (Å²) in [7, 11) is 0. The molecule has 1 aliphatic rings. The van der Waals surface area contributed by atoms with Crippen LogP contribution in [0.3, 0.4) is 0 Å². The number of rotatable bonds is 1. The Morgan fingerprint density at radius 1 is 1.57 bits per heavy atom. The topological polar surface area (TPSA) is 32.3 Å². The van der Waals surface area contributed by atoms with Gasteiger partial charge in [0.1, 0.15) is 0 Å². The Kier molecular flexibility index (Phi) is 2.65. The summed E-state index contributed by atoms with van der Waals surface area (Å²) in [6, 6.07) is 5.00. The second kappa shape index (κ2) is 3.79. The van der Waals surface area contributed by atoms with Crippen molar-refractivity contribution >= 4 is 11.8 Å². The molecule has 0 saturated carbocycles. The molecule has 76 valence electrons. The number of phenolic OH excluding ortho intramolecular Hbond substituents is 1. The van der Waals surface area contributed by atoms with E-state index >= 15 is 0 Å². The van der Waals surface area contributed by atoms with Gasteiger partial charge in [-0.1, -0.05) is 6.07 Å². The first kappa shape index (κ1) is 9.80. The van der Waals surface area contributed by atoms with Crippen LogP contribution in [-0.4, -0.2) is 16.9 Å². The third-order valence-electron chi connectivity index (χ3n) is 2.22. The molecule has 2 nitrogen and oxygen atoms in total. The largest absolute Gasteiger partial charge is 0.505 e. The van der Waals surface area contributed by atoms with Gasteiger partial charge >= 0.3 is 0 Å². The first-order valence-electron chi connectivity index (χ1n) is 4.53. The van der Waals surface area contributed by atoms with Gasteiger partial charge in [-0.25, -0.2) is 4.39 Å². The normalized spacial score (nSPS) is 26.7. The van der Waals surface area contributed by atoms with Crippen LogP contribution in [0.1, 0.15) is 17.9 Å². The van der Waals surface area contributed by atoms with Gasteiger partial charge in [0.25, 0.3) is 0 Å². The van der Waals surface area contributed by atoms with Gasteiger partial charge in [0, 0.05) is 11.8 Å². The van der Waals surface area contributed by atoms with Crippen molar-refractivity contribution in [1.82, 2.24) is 5.32 Å². The molecule has 0 radical (unpaired) electrons. The molecule has 4 heteroatoms. The van der Waals surface area contributed by atoms with Crippen LogP contribution in [0.2, 0.25) is 0 Å². The molecule has 1 aromatic rings. The zero-order valence-corrected chi connectivity index (χ0v) is 8.64. The quantitative estimate of drug-likeness (QED) is 0.750. The Morgan fingerprint density at radius 2 is 2.36 bits per heavy atom. The fourth-order valence-corrected chi connectivity index (χ4v) is 2.72. The third-order valence-corrected chi connectivity index (χ3v) is 3.66. The van der Waals surface area contributed by atoms with E-state index in [1.165, 1.54) is 12.1 Å². The summed E-state index contributed by atoms with van der Waals surface area (Å²) >= 11 is 1.76. The van der Waals surface area contributed by atoms with Crippen molar-refractivity contribution in [2.24, 2.45) is 0 Å². The molecule has 0 aromatic heterocycles. The van der Waals surface area contributed by atoms with Crippen molar-refractivity contribution in [2.75, 3.05) is 5.75 Å². The lowest BCUT2D eigenvalue weighted by Crippen LogP contribution is -2.21. The molecule has 2 atom stereocenters. The number of nitrogens with one attached hydrogen (secondary N) is 1. The maximum atomic E-state index is 13.0. The lowest BCUT2D eigenvalue weighted by atomic mass is 10.2. The average molecular weight is 213 g/mol. The number of benzene rings is 1. The SMILES string of the molecule is CC1CSC(c2ccc(O)c(F)c2)N1. The highest BCUT2D eigenvalue weighted by molar-refractivity contribution is 7.99. The lowest BCUT2D eigenvalue weighted by molar-refractivity contribution is 0.431. The van der Waals surface area contributed by atoms with E-state index in [1.807, 2.05) is 0 Å². The maximum Gasteiger partial charge on any atom is 0.165 e. The Balaban J connectivity index is 2.20. The van der Waals surface area contributed by atoms with Crippen LogP contribution >= 0.6 is 11.8 Å². The fraction of sp³-hybridized carbons (Fsp3) is 0.400. The molecule has 1 aromatic carbocycles. The molecule has 14 heavy (non-hydrogen) atoms. The second-order valence-electron chi connectivity index (χ2n) is 3.49. The predicted octanol–water partition coefficient (Wildman–Crippen LogP) is 2.25. The van der Waals surface area contributed by atoms with E-state index in [2.05, 4.69) is 12.2 Å². The van der Waals surface area contributed by atoms with Crippen molar-refractivity contribution in [3.63, 3.8) is 0 Å². The van der Waals surface area contributed by atoms with Crippen LogP contribution < -0.4 is 5.32 Å². The highest BCUT2D eigenvalue weighted by atomic mass is 32.2. The van der Waals surface area contributed by atoms with Crippen molar-refractivity contribution in [3.05, 3.63) is 29.6 Å². The average Bonchev–Trinajstić information content (AvgIpc) is 2.57. The Labute approximate surface area is 86.5 Å². The molecule has 1 heterocycles. The highest BCUT2D eigenvalue weighted by Gasteiger charge is 2.22. The van der Waals surface area contributed by atoms with Gasteiger partial charge in [-0.15, -0.1) is 11.8 Å². The van der Waals surface area contributed by atoms with E-state index in [0.29, 0.717) is 6.04 Å². The number of hydrogen-bond donors (Lipinski definition) is 2. The fourth-order valence-electron chi connectivity index (χ4n) is 1.47.